The number of rotatable bonds is 6. The van der Waals surface area contributed by atoms with Crippen LogP contribution in [0.3, 0.4) is 0 Å². The molecule has 0 aromatic carbocycles. The van der Waals surface area contributed by atoms with Gasteiger partial charge in [-0.05, 0) is 69.4 Å². The number of nitrogens with one attached hydrogen (secondary N) is 1. The molecule has 0 amide bonds. The number of aromatic nitrogens is 4. The lowest BCUT2D eigenvalue weighted by Gasteiger charge is -2.34. The van der Waals surface area contributed by atoms with Gasteiger partial charge in [-0.15, -0.1) is 0 Å². The van der Waals surface area contributed by atoms with E-state index in [0.29, 0.717) is 5.92 Å². The van der Waals surface area contributed by atoms with Crippen LogP contribution in [0.2, 0.25) is 0 Å². The molecule has 0 radical (unpaired) electrons. The molecule has 2 aliphatic heterocycles. The Bertz CT molecular complexity index is 1330. The van der Waals surface area contributed by atoms with E-state index < -0.39 is 0 Å². The van der Waals surface area contributed by atoms with Gasteiger partial charge in [0.15, 0.2) is 0 Å². The highest BCUT2D eigenvalue weighted by Gasteiger charge is 2.37. The SMILES string of the molecule is COC1=C(Cc2c(C)noc2C)C[C@H]2NCc3nc(C4CCOCC4)n(C(C)c4ccccn4)c3C2=C1. The third-order valence-electron chi connectivity index (χ3n) is 8.14. The topological polar surface area (TPSA) is 87.2 Å². The number of fused-ring (bicyclic) bond motifs is 3. The van der Waals surface area contributed by atoms with Crippen molar-refractivity contribution in [1.82, 2.24) is 25.0 Å². The molecule has 0 bridgehead atoms. The molecule has 5 heterocycles. The number of pyridine rings is 1. The van der Waals surface area contributed by atoms with Crippen LogP contribution >= 0.6 is 0 Å². The third-order valence-corrected chi connectivity index (χ3v) is 8.14. The first kappa shape index (κ1) is 24.1. The molecule has 37 heavy (non-hydrogen) atoms. The first-order valence-electron chi connectivity index (χ1n) is 13.3. The molecule has 1 N–H and O–H groups in total. The Morgan fingerprint density at radius 3 is 2.76 bits per heavy atom. The molecular weight excluding hydrogens is 466 g/mol. The minimum absolute atomic E-state index is 0.0635. The van der Waals surface area contributed by atoms with Gasteiger partial charge < -0.3 is 23.9 Å². The van der Waals surface area contributed by atoms with Crippen LogP contribution < -0.4 is 5.32 Å². The Morgan fingerprint density at radius 2 is 2.05 bits per heavy atom. The van der Waals surface area contributed by atoms with E-state index in [4.69, 9.17) is 24.0 Å². The summed E-state index contributed by atoms with van der Waals surface area (Å²) in [5.74, 6) is 3.32. The molecule has 1 unspecified atom stereocenters. The molecule has 6 rings (SSSR count). The summed E-state index contributed by atoms with van der Waals surface area (Å²) in [5, 5.41) is 7.92. The highest BCUT2D eigenvalue weighted by Crippen LogP contribution is 2.41. The third kappa shape index (κ3) is 4.32. The maximum atomic E-state index is 5.97. The first-order valence-corrected chi connectivity index (χ1v) is 13.3. The zero-order valence-corrected chi connectivity index (χ0v) is 22.1. The molecule has 0 saturated carbocycles. The Morgan fingerprint density at radius 1 is 1.22 bits per heavy atom. The van der Waals surface area contributed by atoms with Crippen LogP contribution in [0.4, 0.5) is 0 Å². The van der Waals surface area contributed by atoms with E-state index in [1.54, 1.807) is 7.11 Å². The van der Waals surface area contributed by atoms with Gasteiger partial charge in [0.1, 0.15) is 17.3 Å². The lowest BCUT2D eigenvalue weighted by molar-refractivity contribution is 0.0826. The normalized spacial score (nSPS) is 20.9. The molecule has 8 nitrogen and oxygen atoms in total. The van der Waals surface area contributed by atoms with Crippen molar-refractivity contribution in [3.63, 3.8) is 0 Å². The zero-order chi connectivity index (χ0) is 25.5. The maximum absolute atomic E-state index is 5.97. The Balaban J connectivity index is 1.47. The molecule has 1 fully saturated rings. The largest absolute Gasteiger partial charge is 0.497 e. The van der Waals surface area contributed by atoms with Gasteiger partial charge in [-0.3, -0.25) is 4.98 Å². The summed E-state index contributed by atoms with van der Waals surface area (Å²) < 4.78 is 19.5. The number of aryl methyl sites for hydroxylation is 2. The van der Waals surface area contributed by atoms with Crippen LogP contribution in [0.1, 0.15) is 78.1 Å². The lowest BCUT2D eigenvalue weighted by atomic mass is 9.84. The zero-order valence-electron chi connectivity index (χ0n) is 22.1. The molecule has 194 valence electrons. The first-order chi connectivity index (χ1) is 18.0. The van der Waals surface area contributed by atoms with Crippen molar-refractivity contribution < 1.29 is 14.0 Å². The second kappa shape index (κ2) is 9.91. The highest BCUT2D eigenvalue weighted by atomic mass is 16.5. The van der Waals surface area contributed by atoms with Crippen molar-refractivity contribution in [3.05, 3.63) is 81.7 Å². The Kier molecular flexibility index (Phi) is 6.46. The van der Waals surface area contributed by atoms with E-state index in [1.807, 2.05) is 26.1 Å². The molecule has 1 aliphatic carbocycles. The van der Waals surface area contributed by atoms with Gasteiger partial charge in [-0.25, -0.2) is 4.98 Å². The van der Waals surface area contributed by atoms with Gasteiger partial charge >= 0.3 is 0 Å². The van der Waals surface area contributed by atoms with Gasteiger partial charge in [0.25, 0.3) is 0 Å². The number of nitrogens with zero attached hydrogens (tertiary/aromatic N) is 4. The quantitative estimate of drug-likeness (QED) is 0.520. The van der Waals surface area contributed by atoms with Crippen LogP contribution in [0, 0.1) is 13.8 Å². The summed E-state index contributed by atoms with van der Waals surface area (Å²) in [5.41, 5.74) is 7.96. The summed E-state index contributed by atoms with van der Waals surface area (Å²) >= 11 is 0. The van der Waals surface area contributed by atoms with Crippen molar-refractivity contribution in [1.29, 1.82) is 0 Å². The van der Waals surface area contributed by atoms with Gasteiger partial charge in [0.2, 0.25) is 0 Å². The second-order valence-electron chi connectivity index (χ2n) is 10.3. The summed E-state index contributed by atoms with van der Waals surface area (Å²) in [6, 6.07) is 6.40. The van der Waals surface area contributed by atoms with Crippen LogP contribution in [0.15, 0.2) is 46.3 Å². The summed E-state index contributed by atoms with van der Waals surface area (Å²) in [6.07, 6.45) is 7.73. The minimum Gasteiger partial charge on any atom is -0.497 e. The monoisotopic (exact) mass is 501 g/mol. The standard InChI is InChI=1S/C29H35N5O3/c1-17-22(19(3)37-33-17)13-21-14-25-23(15-27(21)35-4)28-26(16-31-25)32-29(20-8-11-36-12-9-20)34(28)18(2)24-7-5-6-10-30-24/h5-7,10,15,18,20,25,31H,8-9,11-14,16H2,1-4H3/t18?,25-/m1/s1. The van der Waals surface area contributed by atoms with E-state index >= 15 is 0 Å². The molecule has 8 heteroatoms. The average molecular weight is 502 g/mol. The van der Waals surface area contributed by atoms with E-state index in [2.05, 4.69) is 40.2 Å². The average Bonchev–Trinajstić information content (AvgIpc) is 3.49. The molecule has 3 aromatic rings. The predicted octanol–water partition coefficient (Wildman–Crippen LogP) is 4.79. The number of methoxy groups -OCH3 is 1. The molecule has 3 aromatic heterocycles. The van der Waals surface area contributed by atoms with Crippen LogP contribution in [0.25, 0.3) is 5.57 Å². The van der Waals surface area contributed by atoms with Gasteiger partial charge in [0, 0.05) is 49.9 Å². The number of hydrogen-bond acceptors (Lipinski definition) is 7. The van der Waals surface area contributed by atoms with E-state index in [-0.39, 0.29) is 12.1 Å². The fourth-order valence-electron chi connectivity index (χ4n) is 6.09. The van der Waals surface area contributed by atoms with Crippen LogP contribution in [-0.4, -0.2) is 46.1 Å². The van der Waals surface area contributed by atoms with Crippen molar-refractivity contribution in [2.24, 2.45) is 0 Å². The van der Waals surface area contributed by atoms with Gasteiger partial charge in [-0.1, -0.05) is 11.2 Å². The van der Waals surface area contributed by atoms with E-state index in [1.165, 1.54) is 16.8 Å². The summed E-state index contributed by atoms with van der Waals surface area (Å²) in [6.45, 7) is 8.53. The Hall–Kier alpha value is -3.23. The molecule has 1 saturated heterocycles. The second-order valence-corrected chi connectivity index (χ2v) is 10.3. The number of hydrogen-bond donors (Lipinski definition) is 1. The fraction of sp³-hybridized carbons (Fsp3) is 0.483. The smallest absolute Gasteiger partial charge is 0.137 e. The van der Waals surface area contributed by atoms with Crippen molar-refractivity contribution in [2.75, 3.05) is 20.3 Å². The van der Waals surface area contributed by atoms with Crippen LogP contribution in [0.5, 0.6) is 0 Å². The number of ether oxygens (including phenoxy) is 2. The van der Waals surface area contributed by atoms with Crippen molar-refractivity contribution in [2.45, 2.75) is 71.0 Å². The lowest BCUT2D eigenvalue weighted by Crippen LogP contribution is -2.38. The number of imidazole rings is 1. The maximum Gasteiger partial charge on any atom is 0.137 e. The summed E-state index contributed by atoms with van der Waals surface area (Å²) in [4.78, 5) is 9.98. The predicted molar refractivity (Wildman–Crippen MR) is 140 cm³/mol. The van der Waals surface area contributed by atoms with Crippen molar-refractivity contribution in [3.8, 4) is 0 Å². The molecule has 3 aliphatic rings. The molecule has 2 atom stereocenters. The Labute approximate surface area is 217 Å². The van der Waals surface area contributed by atoms with E-state index in [0.717, 1.165) is 85.4 Å². The minimum atomic E-state index is 0.0635. The van der Waals surface area contributed by atoms with Crippen LogP contribution in [-0.2, 0) is 22.4 Å². The van der Waals surface area contributed by atoms with E-state index in [9.17, 15) is 0 Å². The van der Waals surface area contributed by atoms with Gasteiger partial charge in [-0.2, -0.15) is 0 Å². The molecular formula is C29H35N5O3. The number of allylic oxidation sites excluding steroid dienone is 1. The molecule has 0 spiro atoms. The fourth-order valence-corrected chi connectivity index (χ4v) is 6.09. The summed E-state index contributed by atoms with van der Waals surface area (Å²) in [7, 11) is 1.76. The van der Waals surface area contributed by atoms with Crippen molar-refractivity contribution >= 4 is 5.57 Å². The van der Waals surface area contributed by atoms with Gasteiger partial charge in [0.05, 0.1) is 35.9 Å². The highest BCUT2D eigenvalue weighted by molar-refractivity contribution is 5.75.